The van der Waals surface area contributed by atoms with E-state index in [9.17, 15) is 18.3 Å². The summed E-state index contributed by atoms with van der Waals surface area (Å²) in [5, 5.41) is 15.4. The molecular weight excluding hydrogens is 418 g/mol. The number of phenolic OH excluding ortho intramolecular Hbond substituents is 1. The van der Waals surface area contributed by atoms with Crippen molar-refractivity contribution in [1.82, 2.24) is 0 Å². The molecule has 3 aromatic rings. The molecule has 0 unspecified atom stereocenters. The Morgan fingerprint density at radius 1 is 0.966 bits per heavy atom. The summed E-state index contributed by atoms with van der Waals surface area (Å²) in [5.74, 6) is -0.0766. The number of amides is 2. The van der Waals surface area contributed by atoms with Crippen LogP contribution in [0.5, 0.6) is 17.2 Å². The highest BCUT2D eigenvalue weighted by Gasteiger charge is 2.28. The summed E-state index contributed by atoms with van der Waals surface area (Å²) < 4.78 is 29.5. The first kappa shape index (κ1) is 20.5. The van der Waals surface area contributed by atoms with Gasteiger partial charge < -0.3 is 15.6 Å². The standard InChI is InChI=1S/C19H16ClN3O5S/c20-13-10-11-15(17(24)18(13)29(22,26)27)23(19(21)25)14-8-4-5-9-16(14)28-12-6-2-1-3-7-12/h1-11,24H,(H2,21,25)(H2,22,26,27). The van der Waals surface area contributed by atoms with Crippen LogP contribution in [-0.2, 0) is 10.0 Å². The van der Waals surface area contributed by atoms with Crippen LogP contribution in [0.4, 0.5) is 16.2 Å². The average molecular weight is 434 g/mol. The van der Waals surface area contributed by atoms with E-state index in [2.05, 4.69) is 0 Å². The predicted octanol–water partition coefficient (Wildman–Crippen LogP) is 3.70. The van der Waals surface area contributed by atoms with Gasteiger partial charge in [-0.1, -0.05) is 41.9 Å². The van der Waals surface area contributed by atoms with Gasteiger partial charge in [-0.2, -0.15) is 0 Å². The van der Waals surface area contributed by atoms with Gasteiger partial charge >= 0.3 is 6.03 Å². The summed E-state index contributed by atoms with van der Waals surface area (Å²) in [7, 11) is -4.38. The van der Waals surface area contributed by atoms with Crippen LogP contribution in [0, 0.1) is 0 Å². The van der Waals surface area contributed by atoms with Crippen LogP contribution in [0.15, 0.2) is 71.6 Å². The zero-order chi connectivity index (χ0) is 21.2. The number of aromatic hydroxyl groups is 1. The molecule has 0 aromatic heterocycles. The molecule has 150 valence electrons. The third-order valence-electron chi connectivity index (χ3n) is 3.89. The molecule has 0 saturated carbocycles. The van der Waals surface area contributed by atoms with E-state index >= 15 is 0 Å². The smallest absolute Gasteiger partial charge is 0.324 e. The number of primary amides is 1. The van der Waals surface area contributed by atoms with Gasteiger partial charge in [0.05, 0.1) is 16.4 Å². The number of phenols is 1. The highest BCUT2D eigenvalue weighted by atomic mass is 35.5. The number of sulfonamides is 1. The molecule has 0 aliphatic carbocycles. The number of carbonyl (C=O) groups excluding carboxylic acids is 1. The van der Waals surface area contributed by atoms with Gasteiger partial charge in [-0.3, -0.25) is 4.90 Å². The molecule has 5 N–H and O–H groups in total. The van der Waals surface area contributed by atoms with E-state index in [1.165, 1.54) is 18.2 Å². The van der Waals surface area contributed by atoms with E-state index in [1.807, 2.05) is 6.07 Å². The number of nitrogens with two attached hydrogens (primary N) is 2. The number of primary sulfonamides is 1. The average Bonchev–Trinajstić information content (AvgIpc) is 2.64. The van der Waals surface area contributed by atoms with E-state index < -0.39 is 26.7 Å². The normalized spacial score (nSPS) is 11.1. The topological polar surface area (TPSA) is 136 Å². The van der Waals surface area contributed by atoms with Crippen LogP contribution in [0.1, 0.15) is 0 Å². The van der Waals surface area contributed by atoms with Crippen LogP contribution in [0.3, 0.4) is 0 Å². The highest BCUT2D eigenvalue weighted by molar-refractivity contribution is 7.89. The molecule has 0 aliphatic rings. The second-order valence-corrected chi connectivity index (χ2v) is 7.75. The van der Waals surface area contributed by atoms with Crippen molar-refractivity contribution in [3.63, 3.8) is 0 Å². The van der Waals surface area contributed by atoms with Crippen molar-refractivity contribution in [3.8, 4) is 17.2 Å². The van der Waals surface area contributed by atoms with Gasteiger partial charge in [0.25, 0.3) is 0 Å². The van der Waals surface area contributed by atoms with E-state index in [-0.39, 0.29) is 22.1 Å². The monoisotopic (exact) mass is 433 g/mol. The lowest BCUT2D eigenvalue weighted by Gasteiger charge is -2.24. The van der Waals surface area contributed by atoms with Gasteiger partial charge in [-0.25, -0.2) is 18.4 Å². The number of carbonyl (C=O) groups is 1. The molecule has 29 heavy (non-hydrogen) atoms. The Bertz CT molecular complexity index is 1170. The number of ether oxygens (including phenoxy) is 1. The molecular formula is C19H16ClN3O5S. The Balaban J connectivity index is 2.18. The number of para-hydroxylation sites is 3. The lowest BCUT2D eigenvalue weighted by molar-refractivity contribution is 0.255. The molecule has 0 radical (unpaired) electrons. The summed E-state index contributed by atoms with van der Waals surface area (Å²) in [6, 6.07) is 16.6. The molecule has 0 aliphatic heterocycles. The summed E-state index contributed by atoms with van der Waals surface area (Å²) in [6.07, 6.45) is 0. The summed E-state index contributed by atoms with van der Waals surface area (Å²) >= 11 is 5.88. The van der Waals surface area contributed by atoms with E-state index in [1.54, 1.807) is 42.5 Å². The fourth-order valence-electron chi connectivity index (χ4n) is 2.70. The molecule has 0 heterocycles. The number of anilines is 2. The van der Waals surface area contributed by atoms with Crippen LogP contribution >= 0.6 is 11.6 Å². The maximum Gasteiger partial charge on any atom is 0.324 e. The SMILES string of the molecule is NC(=O)N(c1ccccc1Oc1ccccc1)c1ccc(Cl)c(S(N)(=O)=O)c1O. The molecule has 2 amide bonds. The zero-order valence-corrected chi connectivity index (χ0v) is 16.4. The predicted molar refractivity (Wildman–Crippen MR) is 109 cm³/mol. The summed E-state index contributed by atoms with van der Waals surface area (Å²) in [5.41, 5.74) is 5.48. The molecule has 0 bridgehead atoms. The lowest BCUT2D eigenvalue weighted by atomic mass is 10.2. The van der Waals surface area contributed by atoms with Crippen molar-refractivity contribution >= 4 is 39.0 Å². The van der Waals surface area contributed by atoms with Crippen LogP contribution < -0.4 is 20.5 Å². The van der Waals surface area contributed by atoms with E-state index in [0.29, 0.717) is 5.75 Å². The summed E-state index contributed by atoms with van der Waals surface area (Å²) in [4.78, 5) is 12.5. The van der Waals surface area contributed by atoms with E-state index in [0.717, 1.165) is 4.90 Å². The van der Waals surface area contributed by atoms with Crippen LogP contribution in [-0.4, -0.2) is 19.6 Å². The van der Waals surface area contributed by atoms with Gasteiger partial charge in [0, 0.05) is 0 Å². The Kier molecular flexibility index (Phi) is 5.64. The minimum Gasteiger partial charge on any atom is -0.504 e. The first-order chi connectivity index (χ1) is 13.7. The van der Waals surface area contributed by atoms with Crippen LogP contribution in [0.2, 0.25) is 5.02 Å². The molecule has 0 fully saturated rings. The number of urea groups is 1. The number of halogens is 1. The minimum absolute atomic E-state index is 0.168. The Morgan fingerprint density at radius 3 is 2.21 bits per heavy atom. The Morgan fingerprint density at radius 2 is 1.59 bits per heavy atom. The molecule has 3 rings (SSSR count). The number of rotatable bonds is 5. The Hall–Kier alpha value is -3.27. The molecule has 0 atom stereocenters. The fourth-order valence-corrected chi connectivity index (χ4v) is 3.89. The summed E-state index contributed by atoms with van der Waals surface area (Å²) in [6.45, 7) is 0. The van der Waals surface area contributed by atoms with Gasteiger partial charge in [0.2, 0.25) is 10.0 Å². The first-order valence-electron chi connectivity index (χ1n) is 8.16. The number of hydrogen-bond acceptors (Lipinski definition) is 5. The van der Waals surface area contributed by atoms with Crippen molar-refractivity contribution in [1.29, 1.82) is 0 Å². The second kappa shape index (κ2) is 8.00. The van der Waals surface area contributed by atoms with Crippen molar-refractivity contribution in [2.75, 3.05) is 4.90 Å². The number of hydrogen-bond donors (Lipinski definition) is 3. The first-order valence-corrected chi connectivity index (χ1v) is 10.1. The molecule has 0 spiro atoms. The largest absolute Gasteiger partial charge is 0.504 e. The minimum atomic E-state index is -4.38. The number of nitrogens with zero attached hydrogens (tertiary/aromatic N) is 1. The van der Waals surface area contributed by atoms with Crippen molar-refractivity contribution in [3.05, 3.63) is 71.8 Å². The van der Waals surface area contributed by atoms with Gasteiger partial charge in [0.1, 0.15) is 10.6 Å². The highest BCUT2D eigenvalue weighted by Crippen LogP contribution is 2.43. The fraction of sp³-hybridized carbons (Fsp3) is 0. The van der Waals surface area contributed by atoms with Gasteiger partial charge in [-0.05, 0) is 36.4 Å². The zero-order valence-electron chi connectivity index (χ0n) is 14.8. The van der Waals surface area contributed by atoms with Gasteiger partial charge in [-0.15, -0.1) is 0 Å². The maximum absolute atomic E-state index is 12.3. The second-order valence-electron chi connectivity index (χ2n) is 5.85. The third kappa shape index (κ3) is 4.27. The molecule has 3 aromatic carbocycles. The molecule has 0 saturated heterocycles. The van der Waals surface area contributed by atoms with Crippen molar-refractivity contribution in [2.24, 2.45) is 10.9 Å². The Labute approximate surface area is 171 Å². The van der Waals surface area contributed by atoms with Crippen molar-refractivity contribution in [2.45, 2.75) is 4.90 Å². The lowest BCUT2D eigenvalue weighted by Crippen LogP contribution is -2.32. The van der Waals surface area contributed by atoms with Gasteiger partial charge in [0.15, 0.2) is 11.5 Å². The number of benzene rings is 3. The quantitative estimate of drug-likeness (QED) is 0.563. The maximum atomic E-state index is 12.3. The van der Waals surface area contributed by atoms with Crippen molar-refractivity contribution < 1.29 is 23.1 Å². The third-order valence-corrected chi connectivity index (χ3v) is 5.29. The molecule has 8 nitrogen and oxygen atoms in total. The molecule has 10 heteroatoms. The van der Waals surface area contributed by atoms with Crippen LogP contribution in [0.25, 0.3) is 0 Å². The van der Waals surface area contributed by atoms with E-state index in [4.69, 9.17) is 27.2 Å².